The van der Waals surface area contributed by atoms with Crippen molar-refractivity contribution in [2.24, 2.45) is 0 Å². The Morgan fingerprint density at radius 1 is 0.717 bits per heavy atom. The summed E-state index contributed by atoms with van der Waals surface area (Å²) >= 11 is 0. The molecule has 5 heteroatoms. The van der Waals surface area contributed by atoms with E-state index in [9.17, 15) is 0 Å². The van der Waals surface area contributed by atoms with Crippen molar-refractivity contribution in [3.63, 3.8) is 0 Å². The van der Waals surface area contributed by atoms with E-state index in [-0.39, 0.29) is 20.1 Å². The third kappa shape index (κ3) is 7.31. The molecule has 0 aliphatic heterocycles. The molecule has 1 radical (unpaired) electrons. The van der Waals surface area contributed by atoms with Crippen molar-refractivity contribution >= 4 is 46.0 Å². The fourth-order valence-electron chi connectivity index (χ4n) is 7.64. The van der Waals surface area contributed by atoms with E-state index < -0.39 is 8.07 Å². The molecule has 9 rings (SSSR count). The standard InChI is InChI=1S/C31H22NO.C17H22NSi.Ir/c1-2-8-20(9-3-1)24-16-17-26(28-18-22-11-4-5-12-23(22)19-32-28)31-29(24)27-15-14-21-10-6-7-13-25(21)30(27)33-31;1-13(2)15-11-16(14-9-7-6-8-10-14)18-12-17(15)19(3,4)5;/h1-5,8-9,11-12,14-16,18-19H,6-7,10,13H2;6-9,11-13H,1-5H3;/q2*-1;. The molecule has 267 valence electrons. The van der Waals surface area contributed by atoms with Crippen molar-refractivity contribution in [3.8, 4) is 33.6 Å². The third-order valence-corrected chi connectivity index (χ3v) is 12.4. The molecule has 0 spiro atoms. The van der Waals surface area contributed by atoms with Crippen LogP contribution in [0, 0.1) is 12.1 Å². The van der Waals surface area contributed by atoms with Gasteiger partial charge >= 0.3 is 0 Å². The first-order valence-electron chi connectivity index (χ1n) is 18.6. The first-order chi connectivity index (χ1) is 25.3. The largest absolute Gasteiger partial charge is 0.500 e. The van der Waals surface area contributed by atoms with Gasteiger partial charge in [-0.3, -0.25) is 0 Å². The van der Waals surface area contributed by atoms with Crippen LogP contribution in [-0.4, -0.2) is 18.0 Å². The number of aryl methyl sites for hydroxylation is 2. The number of hydrogen-bond donors (Lipinski definition) is 0. The maximum absolute atomic E-state index is 6.74. The summed E-state index contributed by atoms with van der Waals surface area (Å²) in [5.74, 6) is 0.534. The smallest absolute Gasteiger partial charge is 0.124 e. The Kier molecular flexibility index (Phi) is 10.6. The average Bonchev–Trinajstić information content (AvgIpc) is 3.58. The molecular weight excluding hydrogens is 841 g/mol. The van der Waals surface area contributed by atoms with Crippen LogP contribution < -0.4 is 5.19 Å². The Hall–Kier alpha value is -4.67. The molecule has 0 fully saturated rings. The summed E-state index contributed by atoms with van der Waals surface area (Å²) in [4.78, 5) is 9.46. The van der Waals surface area contributed by atoms with Gasteiger partial charge in [0.25, 0.3) is 0 Å². The zero-order valence-electron chi connectivity index (χ0n) is 31.1. The van der Waals surface area contributed by atoms with Crippen LogP contribution in [0.2, 0.25) is 19.6 Å². The van der Waals surface area contributed by atoms with Gasteiger partial charge in [0.2, 0.25) is 0 Å². The third-order valence-electron chi connectivity index (χ3n) is 10.4. The van der Waals surface area contributed by atoms with Gasteiger partial charge < -0.3 is 14.4 Å². The van der Waals surface area contributed by atoms with Gasteiger partial charge in [0.05, 0.1) is 13.7 Å². The molecule has 0 atom stereocenters. The van der Waals surface area contributed by atoms with E-state index in [4.69, 9.17) is 9.40 Å². The Bertz CT molecular complexity index is 2530. The zero-order chi connectivity index (χ0) is 35.8. The van der Waals surface area contributed by atoms with Crippen molar-refractivity contribution < 1.29 is 24.5 Å². The number of benzene rings is 5. The summed E-state index contributed by atoms with van der Waals surface area (Å²) in [6, 6.07) is 44.8. The van der Waals surface area contributed by atoms with E-state index in [1.54, 1.807) is 0 Å². The number of hydrogen-bond acceptors (Lipinski definition) is 3. The molecule has 0 unspecified atom stereocenters. The maximum Gasteiger partial charge on any atom is 0.124 e. The van der Waals surface area contributed by atoms with Gasteiger partial charge in [-0.15, -0.1) is 48.0 Å². The predicted octanol–water partition coefficient (Wildman–Crippen LogP) is 12.4. The van der Waals surface area contributed by atoms with Crippen LogP contribution in [0.5, 0.6) is 0 Å². The molecule has 3 aromatic heterocycles. The minimum atomic E-state index is -1.34. The van der Waals surface area contributed by atoms with Crippen LogP contribution in [-0.2, 0) is 32.9 Å². The Labute approximate surface area is 327 Å². The normalized spacial score (nSPS) is 12.7. The molecule has 3 nitrogen and oxygen atoms in total. The predicted molar refractivity (Wildman–Crippen MR) is 221 cm³/mol. The fourth-order valence-corrected chi connectivity index (χ4v) is 9.32. The zero-order valence-corrected chi connectivity index (χ0v) is 34.5. The van der Waals surface area contributed by atoms with Crippen molar-refractivity contribution in [3.05, 3.63) is 150 Å². The molecule has 5 aromatic carbocycles. The number of aromatic nitrogens is 2. The number of furan rings is 1. The monoisotopic (exact) mass is 885 g/mol. The molecule has 3 heterocycles. The minimum Gasteiger partial charge on any atom is -0.500 e. The summed E-state index contributed by atoms with van der Waals surface area (Å²) in [6.45, 7) is 11.7. The van der Waals surface area contributed by atoms with Crippen LogP contribution in [0.1, 0.15) is 49.3 Å². The first kappa shape index (κ1) is 36.7. The van der Waals surface area contributed by atoms with Crippen LogP contribution in [0.15, 0.2) is 126 Å². The molecule has 0 amide bonds. The Morgan fingerprint density at radius 3 is 2.21 bits per heavy atom. The topological polar surface area (TPSA) is 38.9 Å². The van der Waals surface area contributed by atoms with Crippen LogP contribution in [0.3, 0.4) is 0 Å². The second kappa shape index (κ2) is 15.4. The molecule has 1 aliphatic rings. The Balaban J connectivity index is 0.000000187. The van der Waals surface area contributed by atoms with Gasteiger partial charge in [-0.1, -0.05) is 135 Å². The van der Waals surface area contributed by atoms with E-state index in [0.717, 1.165) is 62.9 Å². The van der Waals surface area contributed by atoms with Gasteiger partial charge in [0.1, 0.15) is 5.58 Å². The quantitative estimate of drug-likeness (QED) is 0.128. The molecule has 0 bridgehead atoms. The average molecular weight is 885 g/mol. The number of fused-ring (bicyclic) bond motifs is 6. The molecule has 53 heavy (non-hydrogen) atoms. The second-order valence-corrected chi connectivity index (χ2v) is 20.3. The second-order valence-electron chi connectivity index (χ2n) is 15.3. The van der Waals surface area contributed by atoms with Crippen LogP contribution >= 0.6 is 0 Å². The van der Waals surface area contributed by atoms with E-state index in [1.165, 1.54) is 51.1 Å². The van der Waals surface area contributed by atoms with E-state index in [2.05, 4.69) is 142 Å². The van der Waals surface area contributed by atoms with Gasteiger partial charge in [-0.2, -0.15) is 0 Å². The minimum absolute atomic E-state index is 0. The molecule has 0 saturated carbocycles. The Morgan fingerprint density at radius 2 is 1.45 bits per heavy atom. The van der Waals surface area contributed by atoms with Gasteiger partial charge in [0.15, 0.2) is 0 Å². The fraction of sp³-hybridized carbons (Fsp3) is 0.208. The van der Waals surface area contributed by atoms with Gasteiger partial charge in [-0.05, 0) is 75.5 Å². The first-order valence-corrected chi connectivity index (χ1v) is 22.1. The molecule has 0 N–H and O–H groups in total. The van der Waals surface area contributed by atoms with E-state index >= 15 is 0 Å². The van der Waals surface area contributed by atoms with Crippen molar-refractivity contribution in [1.29, 1.82) is 0 Å². The summed E-state index contributed by atoms with van der Waals surface area (Å²) in [7, 11) is -1.34. The number of rotatable bonds is 5. The summed E-state index contributed by atoms with van der Waals surface area (Å²) in [5.41, 5.74) is 12.5. The summed E-state index contributed by atoms with van der Waals surface area (Å²) in [5, 5.41) is 6.14. The van der Waals surface area contributed by atoms with Crippen molar-refractivity contribution in [1.82, 2.24) is 9.97 Å². The van der Waals surface area contributed by atoms with Crippen LogP contribution in [0.4, 0.5) is 0 Å². The van der Waals surface area contributed by atoms with E-state index in [0.29, 0.717) is 5.92 Å². The number of nitrogens with zero attached hydrogens (tertiary/aromatic N) is 2. The summed E-state index contributed by atoms with van der Waals surface area (Å²) < 4.78 is 6.74. The summed E-state index contributed by atoms with van der Waals surface area (Å²) in [6.07, 6.45) is 8.74. The molecular formula is C48H44IrN2OSi-2. The number of pyridine rings is 2. The molecule has 1 aliphatic carbocycles. The van der Waals surface area contributed by atoms with Gasteiger partial charge in [-0.25, -0.2) is 0 Å². The van der Waals surface area contributed by atoms with Crippen LogP contribution in [0.25, 0.3) is 66.4 Å². The van der Waals surface area contributed by atoms with Crippen molar-refractivity contribution in [2.75, 3.05) is 0 Å². The van der Waals surface area contributed by atoms with Crippen molar-refractivity contribution in [2.45, 2.75) is 65.1 Å². The molecule has 8 aromatic rings. The SMILES string of the molecule is CC(C)c1cc(-c2[c-]cccc2)ncc1[Si](C)(C)C.[Ir].[c-]1cc(-c2ccccc2)c2c(oc3c4c(ccc32)CCCC4)c1-c1cc2ccccc2cn1. The molecule has 0 saturated heterocycles. The maximum atomic E-state index is 6.74. The van der Waals surface area contributed by atoms with E-state index in [1.807, 2.05) is 30.5 Å². The van der Waals surface area contributed by atoms with Gasteiger partial charge in [0, 0.05) is 37.9 Å².